The van der Waals surface area contributed by atoms with Gasteiger partial charge in [-0.2, -0.15) is 0 Å². The van der Waals surface area contributed by atoms with Crippen molar-refractivity contribution >= 4 is 40.2 Å². The highest BCUT2D eigenvalue weighted by Crippen LogP contribution is 2.32. The Kier molecular flexibility index (Phi) is 7.42. The Morgan fingerprint density at radius 1 is 1.18 bits per heavy atom. The fourth-order valence-corrected chi connectivity index (χ4v) is 4.24. The first kappa shape index (κ1) is 25.4. The molecule has 2 heterocycles. The number of nitrogens with one attached hydrogen (secondary N) is 1. The van der Waals surface area contributed by atoms with Gasteiger partial charge in [-0.3, -0.25) is 9.36 Å². The van der Waals surface area contributed by atoms with Gasteiger partial charge in [-0.05, 0) is 32.8 Å². The largest absolute Gasteiger partial charge is 0.464 e. The summed E-state index contributed by atoms with van der Waals surface area (Å²) in [7, 11) is 1.26. The summed E-state index contributed by atoms with van der Waals surface area (Å²) in [6.07, 6.45) is -0.309. The van der Waals surface area contributed by atoms with Crippen LogP contribution in [0.25, 0.3) is 10.9 Å². The highest BCUT2D eigenvalue weighted by molar-refractivity contribution is 7.09. The van der Waals surface area contributed by atoms with Crippen molar-refractivity contribution in [3.8, 4) is 0 Å². The van der Waals surface area contributed by atoms with E-state index in [1.807, 2.05) is 13.8 Å². The first-order chi connectivity index (χ1) is 15.9. The maximum Gasteiger partial charge on any atom is 0.408 e. The second-order valence-electron chi connectivity index (χ2n) is 9.14. The molecule has 0 bridgehead atoms. The van der Waals surface area contributed by atoms with Gasteiger partial charge in [0.05, 0.1) is 12.6 Å². The van der Waals surface area contributed by atoms with Crippen molar-refractivity contribution < 1.29 is 29.0 Å². The molecule has 0 radical (unpaired) electrons. The number of alkyl carbamates (subject to hydrolysis) is 1. The zero-order chi connectivity index (χ0) is 25.2. The molecule has 0 spiro atoms. The van der Waals surface area contributed by atoms with Gasteiger partial charge >= 0.3 is 12.1 Å². The second-order valence-corrected chi connectivity index (χ2v) is 10.0. The molecule has 3 rings (SSSR count). The molecule has 182 valence electrons. The quantitative estimate of drug-likeness (QED) is 0.501. The number of ether oxygens (including phenoxy) is 2. The summed E-state index contributed by atoms with van der Waals surface area (Å²) in [4.78, 5) is 41.9. The van der Waals surface area contributed by atoms with E-state index in [-0.39, 0.29) is 17.5 Å². The van der Waals surface area contributed by atoms with Crippen LogP contribution in [0.1, 0.15) is 66.6 Å². The summed E-state index contributed by atoms with van der Waals surface area (Å²) >= 11 is 1.12. The molecule has 3 aromatic rings. The van der Waals surface area contributed by atoms with Crippen LogP contribution in [-0.2, 0) is 9.47 Å². The van der Waals surface area contributed by atoms with Crippen LogP contribution >= 0.6 is 11.3 Å². The number of nitrogens with zero attached hydrogens (tertiary/aromatic N) is 2. The van der Waals surface area contributed by atoms with Gasteiger partial charge in [-0.25, -0.2) is 14.6 Å². The number of thiazole rings is 1. The molecule has 0 aliphatic heterocycles. The summed E-state index contributed by atoms with van der Waals surface area (Å²) in [6.45, 7) is 8.89. The number of aliphatic hydroxyl groups is 1. The lowest BCUT2D eigenvalue weighted by Gasteiger charge is -2.25. The summed E-state index contributed by atoms with van der Waals surface area (Å²) < 4.78 is 11.4. The number of methoxy groups -OCH3 is 1. The summed E-state index contributed by atoms with van der Waals surface area (Å²) in [5.41, 5.74) is 0.420. The van der Waals surface area contributed by atoms with E-state index in [0.717, 1.165) is 11.3 Å². The van der Waals surface area contributed by atoms with E-state index in [4.69, 9.17) is 4.74 Å². The molecule has 2 aromatic heterocycles. The Labute approximate surface area is 201 Å². The molecular formula is C24H29N3O6S. The average Bonchev–Trinajstić information content (AvgIpc) is 3.40. The van der Waals surface area contributed by atoms with Crippen molar-refractivity contribution in [2.45, 2.75) is 52.4 Å². The SMILES string of the molecule is COC(=O)c1csc(C(O)c2cn(C(=O)[C@@H](NC(=O)OC(C)(C)C)C(C)C)c3ccccc23)n1. The first-order valence-electron chi connectivity index (χ1n) is 10.8. The zero-order valence-corrected chi connectivity index (χ0v) is 20.8. The molecule has 0 fully saturated rings. The predicted molar refractivity (Wildman–Crippen MR) is 128 cm³/mol. The van der Waals surface area contributed by atoms with E-state index in [1.165, 1.54) is 17.1 Å². The fourth-order valence-electron chi connectivity index (χ4n) is 3.45. The molecule has 0 aliphatic carbocycles. The Hall–Kier alpha value is -3.24. The molecule has 34 heavy (non-hydrogen) atoms. The van der Waals surface area contributed by atoms with E-state index in [1.54, 1.807) is 51.2 Å². The van der Waals surface area contributed by atoms with Gasteiger partial charge in [0.15, 0.2) is 5.69 Å². The third-order valence-electron chi connectivity index (χ3n) is 5.03. The van der Waals surface area contributed by atoms with E-state index in [0.29, 0.717) is 21.5 Å². The predicted octanol–water partition coefficient (Wildman–Crippen LogP) is 4.16. The van der Waals surface area contributed by atoms with Crippen molar-refractivity contribution in [1.29, 1.82) is 0 Å². The Bertz CT molecular complexity index is 1210. The topological polar surface area (TPSA) is 120 Å². The van der Waals surface area contributed by atoms with Crippen LogP contribution in [0.15, 0.2) is 35.8 Å². The van der Waals surface area contributed by atoms with Crippen LogP contribution in [0.2, 0.25) is 0 Å². The smallest absolute Gasteiger partial charge is 0.408 e. The number of aliphatic hydroxyl groups excluding tert-OH is 1. The number of para-hydroxylation sites is 1. The number of esters is 1. The van der Waals surface area contributed by atoms with Crippen LogP contribution in [0.5, 0.6) is 0 Å². The molecule has 0 saturated heterocycles. The van der Waals surface area contributed by atoms with E-state index >= 15 is 0 Å². The highest BCUT2D eigenvalue weighted by atomic mass is 32.1. The number of benzene rings is 1. The van der Waals surface area contributed by atoms with Crippen LogP contribution in [0, 0.1) is 5.92 Å². The van der Waals surface area contributed by atoms with E-state index < -0.39 is 29.8 Å². The monoisotopic (exact) mass is 487 g/mol. The molecule has 2 atom stereocenters. The number of fused-ring (bicyclic) bond motifs is 1. The fraction of sp³-hybridized carbons (Fsp3) is 0.417. The average molecular weight is 488 g/mol. The van der Waals surface area contributed by atoms with Gasteiger partial charge in [0.25, 0.3) is 5.91 Å². The third-order valence-corrected chi connectivity index (χ3v) is 5.93. The number of hydrogen-bond donors (Lipinski definition) is 2. The van der Waals surface area contributed by atoms with Gasteiger partial charge in [0, 0.05) is 22.5 Å². The van der Waals surface area contributed by atoms with Crippen LogP contribution in [0.4, 0.5) is 4.79 Å². The van der Waals surface area contributed by atoms with Gasteiger partial charge in [0.2, 0.25) is 0 Å². The minimum Gasteiger partial charge on any atom is -0.464 e. The molecule has 0 aliphatic rings. The Morgan fingerprint density at radius 2 is 1.85 bits per heavy atom. The van der Waals surface area contributed by atoms with Crippen LogP contribution in [-0.4, -0.2) is 51.4 Å². The van der Waals surface area contributed by atoms with Crippen LogP contribution in [0.3, 0.4) is 0 Å². The third kappa shape index (κ3) is 5.45. The lowest BCUT2D eigenvalue weighted by molar-refractivity contribution is 0.0464. The maximum atomic E-state index is 13.5. The zero-order valence-electron chi connectivity index (χ0n) is 20.0. The Morgan fingerprint density at radius 3 is 2.47 bits per heavy atom. The summed E-state index contributed by atoms with van der Waals surface area (Å²) in [6, 6.07) is 6.27. The number of carbonyl (C=O) groups excluding carboxylic acids is 3. The summed E-state index contributed by atoms with van der Waals surface area (Å²) in [5, 5.41) is 16.2. The number of aromatic nitrogens is 2. The van der Waals surface area contributed by atoms with Crippen molar-refractivity contribution in [1.82, 2.24) is 14.9 Å². The van der Waals surface area contributed by atoms with Crippen LogP contribution < -0.4 is 5.32 Å². The number of hydrogen-bond acceptors (Lipinski definition) is 8. The first-order valence-corrected chi connectivity index (χ1v) is 11.7. The lowest BCUT2D eigenvalue weighted by Crippen LogP contribution is -2.48. The van der Waals surface area contributed by atoms with Gasteiger partial charge in [0.1, 0.15) is 22.8 Å². The van der Waals surface area contributed by atoms with Crippen molar-refractivity contribution in [3.05, 3.63) is 52.1 Å². The van der Waals surface area contributed by atoms with Crippen molar-refractivity contribution in [2.24, 2.45) is 5.92 Å². The number of amides is 1. The molecule has 1 aromatic carbocycles. The van der Waals surface area contributed by atoms with Gasteiger partial charge in [-0.15, -0.1) is 11.3 Å². The minimum absolute atomic E-state index is 0.0998. The lowest BCUT2D eigenvalue weighted by atomic mass is 10.0. The molecule has 2 N–H and O–H groups in total. The molecule has 1 unspecified atom stereocenters. The molecule has 10 heteroatoms. The summed E-state index contributed by atoms with van der Waals surface area (Å²) in [5.74, 6) is -1.19. The van der Waals surface area contributed by atoms with Crippen molar-refractivity contribution in [2.75, 3.05) is 7.11 Å². The van der Waals surface area contributed by atoms with E-state index in [2.05, 4.69) is 15.0 Å². The Balaban J connectivity index is 1.98. The number of carbonyl (C=O) groups is 3. The molecule has 0 saturated carbocycles. The number of rotatable bonds is 6. The molecule has 9 nitrogen and oxygen atoms in total. The molecule has 1 amide bonds. The van der Waals surface area contributed by atoms with Gasteiger partial charge < -0.3 is 19.9 Å². The van der Waals surface area contributed by atoms with Crippen molar-refractivity contribution in [3.63, 3.8) is 0 Å². The standard InChI is InChI=1S/C24H29N3O6S/c1-13(2)18(26-23(31)33-24(3,4)5)21(29)27-11-15(14-9-7-8-10-17(14)27)19(28)20-25-16(12-34-20)22(30)32-6/h7-13,18-19,28H,1-6H3,(H,26,31)/t18-,19?/m0/s1. The highest BCUT2D eigenvalue weighted by Gasteiger charge is 2.30. The molecular weight excluding hydrogens is 458 g/mol. The van der Waals surface area contributed by atoms with Gasteiger partial charge in [-0.1, -0.05) is 32.0 Å². The van der Waals surface area contributed by atoms with E-state index in [9.17, 15) is 19.5 Å². The normalized spacial score (nSPS) is 13.5. The maximum absolute atomic E-state index is 13.5. The minimum atomic E-state index is -1.17. The second kappa shape index (κ2) is 9.94.